The maximum absolute atomic E-state index is 12.0. The van der Waals surface area contributed by atoms with Crippen molar-refractivity contribution in [3.05, 3.63) is 10.4 Å². The van der Waals surface area contributed by atoms with Crippen LogP contribution in [0.5, 0.6) is 0 Å². The summed E-state index contributed by atoms with van der Waals surface area (Å²) in [6, 6.07) is 0. The molecule has 1 aliphatic carbocycles. The Morgan fingerprint density at radius 3 is 2.25 bits per heavy atom. The fourth-order valence-corrected chi connectivity index (χ4v) is 4.03. The number of carbonyl (C=O) groups is 1. The van der Waals surface area contributed by atoms with Crippen molar-refractivity contribution in [2.24, 2.45) is 21.7 Å². The van der Waals surface area contributed by atoms with Crippen LogP contribution in [-0.4, -0.2) is 24.5 Å². The topological polar surface area (TPSA) is 104 Å². The van der Waals surface area contributed by atoms with Gasteiger partial charge in [-0.05, 0) is 48.6 Å². The van der Waals surface area contributed by atoms with Crippen LogP contribution >= 0.6 is 0 Å². The zero-order chi connectivity index (χ0) is 15.4. The average Bonchev–Trinajstić information content (AvgIpc) is 2.24. The van der Waals surface area contributed by atoms with Crippen molar-refractivity contribution < 1.29 is 4.79 Å². The lowest BCUT2D eigenvalue weighted by atomic mass is 9.58. The summed E-state index contributed by atoms with van der Waals surface area (Å²) in [5, 5.41) is 6.85. The lowest BCUT2D eigenvalue weighted by molar-refractivity contribution is -0.130. The highest BCUT2D eigenvalue weighted by Crippen LogP contribution is 2.49. The summed E-state index contributed by atoms with van der Waals surface area (Å²) in [7, 11) is 0. The first-order chi connectivity index (χ1) is 9.13. The van der Waals surface area contributed by atoms with Gasteiger partial charge >= 0.3 is 0 Å². The second kappa shape index (κ2) is 6.02. The molecule has 1 saturated carbocycles. The van der Waals surface area contributed by atoms with Crippen LogP contribution in [0.3, 0.4) is 0 Å². The molecular weight excluding hydrogens is 254 g/mol. The van der Waals surface area contributed by atoms with Gasteiger partial charge in [0.05, 0.1) is 5.54 Å². The van der Waals surface area contributed by atoms with Gasteiger partial charge in [0.1, 0.15) is 0 Å². The summed E-state index contributed by atoms with van der Waals surface area (Å²) in [5.74, 6) is -0.276. The normalized spacial score (nSPS) is 22.8. The van der Waals surface area contributed by atoms with Crippen LogP contribution in [0.1, 0.15) is 53.4 Å². The monoisotopic (exact) mass is 281 g/mol. The van der Waals surface area contributed by atoms with Gasteiger partial charge in [-0.1, -0.05) is 32.8 Å². The van der Waals surface area contributed by atoms with Crippen LogP contribution in [0, 0.1) is 10.8 Å². The van der Waals surface area contributed by atoms with E-state index in [4.69, 9.17) is 11.3 Å². The first-order valence-electron chi connectivity index (χ1n) is 7.18. The largest absolute Gasteiger partial charge is 0.368 e. The van der Waals surface area contributed by atoms with Gasteiger partial charge < -0.3 is 11.1 Å². The Morgan fingerprint density at radius 2 is 1.80 bits per heavy atom. The molecule has 0 saturated heterocycles. The van der Waals surface area contributed by atoms with Crippen molar-refractivity contribution in [3.63, 3.8) is 0 Å². The minimum atomic E-state index is -0.651. The van der Waals surface area contributed by atoms with Gasteiger partial charge in [0.2, 0.25) is 5.91 Å². The number of nitrogens with two attached hydrogens (primary N) is 1. The van der Waals surface area contributed by atoms with Gasteiger partial charge in [-0.15, -0.1) is 0 Å². The molecule has 1 amide bonds. The summed E-state index contributed by atoms with van der Waals surface area (Å²) in [5.41, 5.74) is 13.5. The summed E-state index contributed by atoms with van der Waals surface area (Å²) >= 11 is 0. The van der Waals surface area contributed by atoms with Crippen molar-refractivity contribution >= 4 is 5.91 Å². The number of rotatable bonds is 6. The average molecular weight is 281 g/mol. The SMILES string of the molecule is CC1(C)CC(C)(C)CC(NCCCN=[N+]=[N-])(C(N)=O)C1. The van der Waals surface area contributed by atoms with Crippen LogP contribution < -0.4 is 11.1 Å². The zero-order valence-corrected chi connectivity index (χ0v) is 13.1. The van der Waals surface area contributed by atoms with Gasteiger partial charge in [-0.25, -0.2) is 0 Å². The summed E-state index contributed by atoms with van der Waals surface area (Å²) in [6.07, 6.45) is 3.29. The molecule has 114 valence electrons. The Hall–Kier alpha value is -1.26. The van der Waals surface area contributed by atoms with Gasteiger partial charge in [0.15, 0.2) is 0 Å². The molecule has 0 atom stereocenters. The van der Waals surface area contributed by atoms with Gasteiger partial charge in [0.25, 0.3) is 0 Å². The van der Waals surface area contributed by atoms with Crippen LogP contribution in [0.25, 0.3) is 10.4 Å². The number of hydrogen-bond acceptors (Lipinski definition) is 3. The van der Waals surface area contributed by atoms with E-state index in [0.29, 0.717) is 19.5 Å². The second-order valence-corrected chi connectivity index (χ2v) is 7.54. The maximum atomic E-state index is 12.0. The Labute approximate surface area is 121 Å². The standard InChI is InChI=1S/C14H27N5O/c1-12(2)8-13(3,4)10-14(9-12,11(15)20)17-6-5-7-18-19-16/h17H,5-10H2,1-4H3,(H2,15,20). The molecule has 0 unspecified atom stereocenters. The van der Waals surface area contributed by atoms with Crippen LogP contribution in [0.15, 0.2) is 5.11 Å². The lowest BCUT2D eigenvalue weighted by Crippen LogP contribution is -2.62. The summed E-state index contributed by atoms with van der Waals surface area (Å²) in [4.78, 5) is 14.8. The quantitative estimate of drug-likeness (QED) is 0.338. The molecule has 1 aliphatic rings. The number of primary amides is 1. The van der Waals surface area contributed by atoms with Crippen LogP contribution in [0.4, 0.5) is 0 Å². The number of amides is 1. The molecule has 0 aromatic carbocycles. The Balaban J connectivity index is 2.80. The van der Waals surface area contributed by atoms with Crippen LogP contribution in [-0.2, 0) is 4.79 Å². The maximum Gasteiger partial charge on any atom is 0.237 e. The number of nitrogens with one attached hydrogen (secondary N) is 1. The number of hydrogen-bond donors (Lipinski definition) is 2. The number of carbonyl (C=O) groups excluding carboxylic acids is 1. The molecule has 0 bridgehead atoms. The fraction of sp³-hybridized carbons (Fsp3) is 0.929. The summed E-state index contributed by atoms with van der Waals surface area (Å²) < 4.78 is 0. The third kappa shape index (κ3) is 4.39. The molecule has 0 spiro atoms. The van der Waals surface area contributed by atoms with E-state index in [1.165, 1.54) is 0 Å². The molecule has 1 fully saturated rings. The summed E-state index contributed by atoms with van der Waals surface area (Å²) in [6.45, 7) is 9.82. The molecule has 0 aromatic heterocycles. The van der Waals surface area contributed by atoms with E-state index in [1.54, 1.807) is 0 Å². The molecule has 6 nitrogen and oxygen atoms in total. The van der Waals surface area contributed by atoms with E-state index < -0.39 is 5.54 Å². The lowest BCUT2D eigenvalue weighted by Gasteiger charge is -2.51. The smallest absolute Gasteiger partial charge is 0.237 e. The predicted octanol–water partition coefficient (Wildman–Crippen LogP) is 2.74. The van der Waals surface area contributed by atoms with E-state index in [2.05, 4.69) is 43.0 Å². The molecule has 6 heteroatoms. The minimum Gasteiger partial charge on any atom is -0.368 e. The molecule has 3 N–H and O–H groups in total. The van der Waals surface area contributed by atoms with Crippen molar-refractivity contribution in [3.8, 4) is 0 Å². The van der Waals surface area contributed by atoms with Gasteiger partial charge in [-0.2, -0.15) is 0 Å². The highest BCUT2D eigenvalue weighted by molar-refractivity contribution is 5.85. The first kappa shape index (κ1) is 16.8. The number of azide groups is 1. The highest BCUT2D eigenvalue weighted by atomic mass is 16.1. The van der Waals surface area contributed by atoms with Gasteiger partial charge in [0, 0.05) is 11.5 Å². The van der Waals surface area contributed by atoms with E-state index in [0.717, 1.165) is 19.3 Å². The molecular formula is C14H27N5O. The molecule has 0 aromatic rings. The molecule has 0 aliphatic heterocycles. The Kier molecular flexibility index (Phi) is 5.05. The van der Waals surface area contributed by atoms with E-state index >= 15 is 0 Å². The van der Waals surface area contributed by atoms with Crippen molar-refractivity contribution in [1.29, 1.82) is 0 Å². The van der Waals surface area contributed by atoms with Crippen molar-refractivity contribution in [1.82, 2.24) is 5.32 Å². The highest BCUT2D eigenvalue weighted by Gasteiger charge is 2.50. The van der Waals surface area contributed by atoms with Crippen LogP contribution in [0.2, 0.25) is 0 Å². The molecule has 0 radical (unpaired) electrons. The second-order valence-electron chi connectivity index (χ2n) is 7.54. The molecule has 20 heavy (non-hydrogen) atoms. The Morgan fingerprint density at radius 1 is 1.25 bits per heavy atom. The molecule has 1 rings (SSSR count). The Bertz CT molecular complexity index is 394. The van der Waals surface area contributed by atoms with E-state index in [9.17, 15) is 4.79 Å². The van der Waals surface area contributed by atoms with E-state index in [-0.39, 0.29) is 16.7 Å². The van der Waals surface area contributed by atoms with Gasteiger partial charge in [-0.3, -0.25) is 4.79 Å². The predicted molar refractivity (Wildman–Crippen MR) is 80.0 cm³/mol. The third-order valence-electron chi connectivity index (χ3n) is 3.95. The minimum absolute atomic E-state index is 0.0780. The number of nitrogens with zero attached hydrogens (tertiary/aromatic N) is 3. The third-order valence-corrected chi connectivity index (χ3v) is 3.95. The fourth-order valence-electron chi connectivity index (χ4n) is 4.03. The van der Waals surface area contributed by atoms with E-state index in [1.807, 2.05) is 0 Å². The zero-order valence-electron chi connectivity index (χ0n) is 13.1. The molecule has 0 heterocycles. The first-order valence-corrected chi connectivity index (χ1v) is 7.18. The van der Waals surface area contributed by atoms with Crippen molar-refractivity contribution in [2.75, 3.05) is 13.1 Å². The van der Waals surface area contributed by atoms with Crippen molar-refractivity contribution in [2.45, 2.75) is 58.9 Å².